The quantitative estimate of drug-likeness (QED) is 0.730. The van der Waals surface area contributed by atoms with Crippen LogP contribution < -0.4 is 0 Å². The number of carbonyl (C=O) groups is 1. The van der Waals surface area contributed by atoms with Crippen LogP contribution in [0.2, 0.25) is 0 Å². The second-order valence-electron chi connectivity index (χ2n) is 5.14. The highest BCUT2D eigenvalue weighted by Crippen LogP contribution is 2.39. The summed E-state index contributed by atoms with van der Waals surface area (Å²) in [5.41, 5.74) is 5.77. The van der Waals surface area contributed by atoms with Crippen molar-refractivity contribution in [3.63, 3.8) is 0 Å². The summed E-state index contributed by atoms with van der Waals surface area (Å²) >= 11 is 0. The van der Waals surface area contributed by atoms with Gasteiger partial charge >= 0.3 is 0 Å². The largest absolute Gasteiger partial charge is 0.294 e. The molecule has 2 aromatic carbocycles. The van der Waals surface area contributed by atoms with Crippen LogP contribution in [0.15, 0.2) is 42.5 Å². The van der Waals surface area contributed by atoms with E-state index in [2.05, 4.69) is 31.2 Å². The van der Waals surface area contributed by atoms with Crippen LogP contribution >= 0.6 is 0 Å². The first kappa shape index (κ1) is 11.2. The van der Waals surface area contributed by atoms with Crippen LogP contribution in [0.25, 0.3) is 0 Å². The number of aryl methyl sites for hydroxylation is 2. The Hall–Kier alpha value is -1.89. The van der Waals surface area contributed by atoms with Crippen LogP contribution in [0, 0.1) is 13.8 Å². The summed E-state index contributed by atoms with van der Waals surface area (Å²) in [6.45, 7) is 4.13. The first-order chi connectivity index (χ1) is 8.66. The minimum absolute atomic E-state index is 0.243. The molecule has 1 nitrogen and oxygen atoms in total. The van der Waals surface area contributed by atoms with E-state index in [1.807, 2.05) is 25.1 Å². The zero-order chi connectivity index (χ0) is 12.7. The van der Waals surface area contributed by atoms with Crippen molar-refractivity contribution in [2.75, 3.05) is 0 Å². The number of hydrogen-bond donors (Lipinski definition) is 0. The Morgan fingerprint density at radius 2 is 1.78 bits per heavy atom. The fourth-order valence-corrected chi connectivity index (χ4v) is 3.04. The Kier molecular flexibility index (Phi) is 2.55. The van der Waals surface area contributed by atoms with E-state index in [0.29, 0.717) is 6.42 Å². The van der Waals surface area contributed by atoms with Gasteiger partial charge in [-0.3, -0.25) is 4.79 Å². The van der Waals surface area contributed by atoms with Crippen molar-refractivity contribution in [1.82, 2.24) is 0 Å². The lowest BCUT2D eigenvalue weighted by Gasteiger charge is -2.12. The summed E-state index contributed by atoms with van der Waals surface area (Å²) in [7, 11) is 0. The molecule has 18 heavy (non-hydrogen) atoms. The van der Waals surface area contributed by atoms with Crippen LogP contribution in [0.5, 0.6) is 0 Å². The van der Waals surface area contributed by atoms with Crippen molar-refractivity contribution in [3.05, 3.63) is 70.3 Å². The van der Waals surface area contributed by atoms with E-state index in [1.54, 1.807) is 0 Å². The topological polar surface area (TPSA) is 17.1 Å². The van der Waals surface area contributed by atoms with Gasteiger partial charge in [-0.25, -0.2) is 0 Å². The van der Waals surface area contributed by atoms with Crippen LogP contribution in [0.1, 0.15) is 45.0 Å². The predicted molar refractivity (Wildman–Crippen MR) is 73.1 cm³/mol. The number of fused-ring (bicyclic) bond motifs is 1. The molecule has 0 fully saturated rings. The Morgan fingerprint density at radius 1 is 1.06 bits per heavy atom. The van der Waals surface area contributed by atoms with Crippen molar-refractivity contribution in [2.24, 2.45) is 0 Å². The van der Waals surface area contributed by atoms with E-state index in [0.717, 1.165) is 11.1 Å². The highest BCUT2D eigenvalue weighted by atomic mass is 16.1. The molecule has 0 aromatic heterocycles. The summed E-state index contributed by atoms with van der Waals surface area (Å²) in [6.07, 6.45) is 0.615. The Bertz CT molecular complexity index is 611. The molecule has 0 radical (unpaired) electrons. The lowest BCUT2D eigenvalue weighted by Crippen LogP contribution is -1.97. The van der Waals surface area contributed by atoms with Crippen LogP contribution in [0.4, 0.5) is 0 Å². The molecule has 2 aromatic rings. The number of hydrogen-bond acceptors (Lipinski definition) is 1. The molecule has 0 spiro atoms. The van der Waals surface area contributed by atoms with Crippen molar-refractivity contribution >= 4 is 5.78 Å². The molecule has 3 rings (SSSR count). The molecule has 0 N–H and O–H groups in total. The first-order valence-corrected chi connectivity index (χ1v) is 6.36. The van der Waals surface area contributed by atoms with E-state index in [-0.39, 0.29) is 11.7 Å². The molecule has 0 amide bonds. The maximum Gasteiger partial charge on any atom is 0.164 e. The van der Waals surface area contributed by atoms with E-state index >= 15 is 0 Å². The fourth-order valence-electron chi connectivity index (χ4n) is 3.04. The van der Waals surface area contributed by atoms with Gasteiger partial charge in [-0.15, -0.1) is 0 Å². The van der Waals surface area contributed by atoms with Gasteiger partial charge in [0.05, 0.1) is 0 Å². The van der Waals surface area contributed by atoms with E-state index in [9.17, 15) is 4.79 Å². The molecular weight excluding hydrogens is 220 g/mol. The number of benzene rings is 2. The second kappa shape index (κ2) is 4.09. The van der Waals surface area contributed by atoms with Gasteiger partial charge in [-0.1, -0.05) is 48.0 Å². The highest BCUT2D eigenvalue weighted by Gasteiger charge is 2.31. The Labute approximate surface area is 107 Å². The van der Waals surface area contributed by atoms with Crippen LogP contribution in [-0.4, -0.2) is 5.78 Å². The van der Waals surface area contributed by atoms with Gasteiger partial charge < -0.3 is 0 Å². The average Bonchev–Trinajstić information content (AvgIpc) is 2.67. The third-order valence-corrected chi connectivity index (χ3v) is 3.76. The molecule has 0 saturated heterocycles. The molecule has 1 aliphatic carbocycles. The van der Waals surface area contributed by atoms with Gasteiger partial charge in [-0.05, 0) is 30.5 Å². The SMILES string of the molecule is Cc1cc(C)c2c(c1)C(c1ccccc1)CC2=O. The zero-order valence-corrected chi connectivity index (χ0v) is 10.7. The van der Waals surface area contributed by atoms with Crippen molar-refractivity contribution < 1.29 is 4.79 Å². The molecule has 1 atom stereocenters. The third kappa shape index (κ3) is 1.67. The maximum atomic E-state index is 12.2. The number of ketones is 1. The Morgan fingerprint density at radius 3 is 2.50 bits per heavy atom. The number of carbonyl (C=O) groups excluding carboxylic acids is 1. The molecule has 0 heterocycles. The fraction of sp³-hybridized carbons (Fsp3) is 0.235. The number of rotatable bonds is 1. The van der Waals surface area contributed by atoms with Gasteiger partial charge in [0.2, 0.25) is 0 Å². The van der Waals surface area contributed by atoms with Gasteiger partial charge in [0.15, 0.2) is 5.78 Å². The highest BCUT2D eigenvalue weighted by molar-refractivity contribution is 6.03. The lowest BCUT2D eigenvalue weighted by atomic mass is 9.91. The smallest absolute Gasteiger partial charge is 0.164 e. The third-order valence-electron chi connectivity index (χ3n) is 3.76. The summed E-state index contributed by atoms with van der Waals surface area (Å²) in [4.78, 5) is 12.2. The van der Waals surface area contributed by atoms with Crippen LogP contribution in [-0.2, 0) is 0 Å². The summed E-state index contributed by atoms with van der Waals surface area (Å²) < 4.78 is 0. The molecule has 1 heteroatoms. The lowest BCUT2D eigenvalue weighted by molar-refractivity contribution is 0.0991. The Balaban J connectivity index is 2.17. The van der Waals surface area contributed by atoms with Gasteiger partial charge in [0.25, 0.3) is 0 Å². The molecule has 1 unspecified atom stereocenters. The van der Waals surface area contributed by atoms with Crippen molar-refractivity contribution in [3.8, 4) is 0 Å². The maximum absolute atomic E-state index is 12.2. The van der Waals surface area contributed by atoms with E-state index in [4.69, 9.17) is 0 Å². The minimum atomic E-state index is 0.243. The summed E-state index contributed by atoms with van der Waals surface area (Å²) in [6, 6.07) is 14.6. The first-order valence-electron chi connectivity index (χ1n) is 6.36. The molecule has 0 bridgehead atoms. The molecule has 0 aliphatic heterocycles. The minimum Gasteiger partial charge on any atom is -0.294 e. The summed E-state index contributed by atoms with van der Waals surface area (Å²) in [5.74, 6) is 0.531. The zero-order valence-electron chi connectivity index (χ0n) is 10.7. The average molecular weight is 236 g/mol. The van der Waals surface area contributed by atoms with E-state index in [1.165, 1.54) is 16.7 Å². The monoisotopic (exact) mass is 236 g/mol. The second-order valence-corrected chi connectivity index (χ2v) is 5.14. The van der Waals surface area contributed by atoms with Gasteiger partial charge in [-0.2, -0.15) is 0 Å². The van der Waals surface area contributed by atoms with E-state index < -0.39 is 0 Å². The van der Waals surface area contributed by atoms with Crippen LogP contribution in [0.3, 0.4) is 0 Å². The van der Waals surface area contributed by atoms with Crippen molar-refractivity contribution in [1.29, 1.82) is 0 Å². The molecule has 90 valence electrons. The summed E-state index contributed by atoms with van der Waals surface area (Å²) in [5, 5.41) is 0. The normalized spacial score (nSPS) is 17.9. The predicted octanol–water partition coefficient (Wildman–Crippen LogP) is 4.02. The van der Waals surface area contributed by atoms with Crippen molar-refractivity contribution in [2.45, 2.75) is 26.2 Å². The molecule has 0 saturated carbocycles. The number of Topliss-reactive ketones (excluding diaryl/α,β-unsaturated/α-hetero) is 1. The molecular formula is C17H16O. The van der Waals surface area contributed by atoms with Gasteiger partial charge in [0, 0.05) is 17.9 Å². The standard InChI is InChI=1S/C17H16O/c1-11-8-12(2)17-15(9-11)14(10-16(17)18)13-6-4-3-5-7-13/h3-9,14H,10H2,1-2H3. The molecule has 1 aliphatic rings. The van der Waals surface area contributed by atoms with Gasteiger partial charge in [0.1, 0.15) is 0 Å².